The summed E-state index contributed by atoms with van der Waals surface area (Å²) in [4.78, 5) is 0. The van der Waals surface area contributed by atoms with E-state index in [0.29, 0.717) is 0 Å². The third kappa shape index (κ3) is 2.63. The Morgan fingerprint density at radius 2 is 1.71 bits per heavy atom. The number of aliphatic hydroxyl groups is 1. The van der Waals surface area contributed by atoms with Gasteiger partial charge in [-0.15, -0.1) is 0 Å². The topological polar surface area (TPSA) is 25.2 Å². The van der Waals surface area contributed by atoms with Gasteiger partial charge in [0.15, 0.2) is 0 Å². The van der Waals surface area contributed by atoms with Crippen LogP contribution in [0.25, 0.3) is 16.6 Å². The highest BCUT2D eigenvalue weighted by Gasteiger charge is 2.22. The number of benzene rings is 2. The van der Waals surface area contributed by atoms with Crippen LogP contribution in [0.2, 0.25) is 0 Å². The molecule has 0 aliphatic rings. The summed E-state index contributed by atoms with van der Waals surface area (Å²) >= 11 is 3.52. The van der Waals surface area contributed by atoms with Crippen LogP contribution in [-0.4, -0.2) is 9.67 Å². The third-order valence-corrected chi connectivity index (χ3v) is 4.23. The molecule has 21 heavy (non-hydrogen) atoms. The molecule has 0 spiro atoms. The van der Waals surface area contributed by atoms with E-state index in [2.05, 4.69) is 63.8 Å². The number of aryl methyl sites for hydroxylation is 1. The van der Waals surface area contributed by atoms with E-state index in [1.54, 1.807) is 0 Å². The van der Waals surface area contributed by atoms with Gasteiger partial charge in [0.2, 0.25) is 0 Å². The van der Waals surface area contributed by atoms with Crippen molar-refractivity contribution in [2.45, 2.75) is 26.4 Å². The van der Waals surface area contributed by atoms with E-state index in [4.69, 9.17) is 0 Å². The molecule has 0 radical (unpaired) electrons. The fourth-order valence-corrected chi connectivity index (χ4v) is 2.97. The summed E-state index contributed by atoms with van der Waals surface area (Å²) in [6, 6.07) is 14.6. The molecule has 0 fully saturated rings. The van der Waals surface area contributed by atoms with Crippen molar-refractivity contribution < 1.29 is 5.11 Å². The Labute approximate surface area is 133 Å². The molecule has 0 amide bonds. The highest BCUT2D eigenvalue weighted by Crippen LogP contribution is 2.33. The molecule has 3 heteroatoms. The molecule has 0 aliphatic heterocycles. The first-order valence-electron chi connectivity index (χ1n) is 6.97. The van der Waals surface area contributed by atoms with Crippen LogP contribution in [0.3, 0.4) is 0 Å². The van der Waals surface area contributed by atoms with Crippen LogP contribution in [0.15, 0.2) is 53.1 Å². The molecule has 0 atom stereocenters. The zero-order valence-corrected chi connectivity index (χ0v) is 14.0. The molecule has 1 aromatic heterocycles. The van der Waals surface area contributed by atoms with Crippen LogP contribution in [0.5, 0.6) is 0 Å². The Balaban J connectivity index is 2.31. The zero-order valence-electron chi connectivity index (χ0n) is 12.4. The van der Waals surface area contributed by atoms with Crippen molar-refractivity contribution in [1.29, 1.82) is 0 Å². The molecule has 1 heterocycles. The smallest absolute Gasteiger partial charge is 0.0861 e. The normalized spacial score (nSPS) is 12.0. The van der Waals surface area contributed by atoms with Gasteiger partial charge in [-0.2, -0.15) is 0 Å². The van der Waals surface area contributed by atoms with Crippen LogP contribution in [0.1, 0.15) is 25.0 Å². The number of fused-ring (bicyclic) bond motifs is 1. The van der Waals surface area contributed by atoms with Crippen molar-refractivity contribution in [2.24, 2.45) is 0 Å². The van der Waals surface area contributed by atoms with Crippen LogP contribution >= 0.6 is 15.9 Å². The van der Waals surface area contributed by atoms with Gasteiger partial charge in [-0.3, -0.25) is 0 Å². The van der Waals surface area contributed by atoms with E-state index in [1.807, 2.05) is 26.1 Å². The molecule has 0 aliphatic carbocycles. The lowest BCUT2D eigenvalue weighted by molar-refractivity contribution is 0.0801. The van der Waals surface area contributed by atoms with E-state index in [9.17, 15) is 5.11 Å². The number of aromatic nitrogens is 1. The molecule has 2 aromatic carbocycles. The Morgan fingerprint density at radius 3 is 2.33 bits per heavy atom. The summed E-state index contributed by atoms with van der Waals surface area (Å²) in [5, 5.41) is 11.5. The maximum Gasteiger partial charge on any atom is 0.0861 e. The van der Waals surface area contributed by atoms with Gasteiger partial charge in [-0.1, -0.05) is 33.6 Å². The summed E-state index contributed by atoms with van der Waals surface area (Å²) in [6.07, 6.45) is 2.03. The van der Waals surface area contributed by atoms with E-state index in [0.717, 1.165) is 26.6 Å². The van der Waals surface area contributed by atoms with Crippen LogP contribution in [-0.2, 0) is 5.60 Å². The molecular weight excluding hydrogens is 326 g/mol. The largest absolute Gasteiger partial charge is 0.386 e. The van der Waals surface area contributed by atoms with Crippen LogP contribution in [0.4, 0.5) is 0 Å². The fourth-order valence-electron chi connectivity index (χ4n) is 2.61. The lowest BCUT2D eigenvalue weighted by Gasteiger charge is -2.16. The summed E-state index contributed by atoms with van der Waals surface area (Å²) < 4.78 is 3.15. The second-order valence-electron chi connectivity index (χ2n) is 5.97. The molecule has 0 saturated carbocycles. The first kappa shape index (κ1) is 14.4. The van der Waals surface area contributed by atoms with E-state index >= 15 is 0 Å². The van der Waals surface area contributed by atoms with Gasteiger partial charge in [-0.05, 0) is 51.1 Å². The number of nitrogens with zero attached hydrogens (tertiary/aromatic N) is 1. The quantitative estimate of drug-likeness (QED) is 0.701. The third-order valence-electron chi connectivity index (χ3n) is 3.74. The summed E-state index contributed by atoms with van der Waals surface area (Å²) in [7, 11) is 0. The molecule has 2 nitrogen and oxygen atoms in total. The summed E-state index contributed by atoms with van der Waals surface area (Å²) in [5.41, 5.74) is 3.48. The molecule has 0 bridgehead atoms. The standard InChI is InChI=1S/C18H18BrNO/c1-12-4-7-14(8-5-12)20-11-16(18(2,3)21)15-10-13(19)6-9-17(15)20/h4-11,21H,1-3H3. The minimum absolute atomic E-state index is 0.880. The molecule has 3 aromatic rings. The predicted octanol–water partition coefficient (Wildman–Crippen LogP) is 4.93. The van der Waals surface area contributed by atoms with Crippen molar-refractivity contribution in [3.8, 4) is 5.69 Å². The van der Waals surface area contributed by atoms with Crippen molar-refractivity contribution in [2.75, 3.05) is 0 Å². The zero-order chi connectivity index (χ0) is 15.2. The number of hydrogen-bond acceptors (Lipinski definition) is 1. The van der Waals surface area contributed by atoms with Crippen LogP contribution in [0, 0.1) is 6.92 Å². The predicted molar refractivity (Wildman–Crippen MR) is 91.0 cm³/mol. The summed E-state index contributed by atoms with van der Waals surface area (Å²) in [5.74, 6) is 0. The Kier molecular flexibility index (Phi) is 3.42. The van der Waals surface area contributed by atoms with Crippen LogP contribution < -0.4 is 0 Å². The molecule has 108 valence electrons. The first-order chi connectivity index (χ1) is 9.86. The summed E-state index contributed by atoms with van der Waals surface area (Å²) in [6.45, 7) is 5.72. The monoisotopic (exact) mass is 343 g/mol. The van der Waals surface area contributed by atoms with Gasteiger partial charge in [0.05, 0.1) is 11.1 Å². The number of rotatable bonds is 2. The van der Waals surface area contributed by atoms with Gasteiger partial charge >= 0.3 is 0 Å². The Bertz CT molecular complexity index is 794. The van der Waals surface area contributed by atoms with Gasteiger partial charge in [-0.25, -0.2) is 0 Å². The maximum atomic E-state index is 10.5. The lowest BCUT2D eigenvalue weighted by atomic mass is 9.98. The highest BCUT2D eigenvalue weighted by molar-refractivity contribution is 9.10. The van der Waals surface area contributed by atoms with Crippen molar-refractivity contribution >= 4 is 26.8 Å². The average Bonchev–Trinajstić information content (AvgIpc) is 2.78. The van der Waals surface area contributed by atoms with Gasteiger partial charge in [0, 0.05) is 27.3 Å². The van der Waals surface area contributed by atoms with Gasteiger partial charge in [0.1, 0.15) is 0 Å². The SMILES string of the molecule is Cc1ccc(-n2cc(C(C)(C)O)c3cc(Br)ccc32)cc1. The van der Waals surface area contributed by atoms with Crippen molar-refractivity contribution in [3.63, 3.8) is 0 Å². The lowest BCUT2D eigenvalue weighted by Crippen LogP contribution is -2.14. The minimum Gasteiger partial charge on any atom is -0.386 e. The van der Waals surface area contributed by atoms with E-state index in [1.165, 1.54) is 5.56 Å². The van der Waals surface area contributed by atoms with E-state index in [-0.39, 0.29) is 0 Å². The first-order valence-corrected chi connectivity index (χ1v) is 7.76. The maximum absolute atomic E-state index is 10.5. The average molecular weight is 344 g/mol. The fraction of sp³-hybridized carbons (Fsp3) is 0.222. The van der Waals surface area contributed by atoms with E-state index < -0.39 is 5.60 Å². The van der Waals surface area contributed by atoms with Crippen molar-refractivity contribution in [3.05, 3.63) is 64.3 Å². The molecule has 1 N–H and O–H groups in total. The number of hydrogen-bond donors (Lipinski definition) is 1. The second-order valence-corrected chi connectivity index (χ2v) is 6.88. The van der Waals surface area contributed by atoms with Gasteiger partial charge in [0.25, 0.3) is 0 Å². The minimum atomic E-state index is -0.880. The Morgan fingerprint density at radius 1 is 1.05 bits per heavy atom. The van der Waals surface area contributed by atoms with Crippen molar-refractivity contribution in [1.82, 2.24) is 4.57 Å². The molecule has 0 saturated heterocycles. The highest BCUT2D eigenvalue weighted by atomic mass is 79.9. The van der Waals surface area contributed by atoms with Gasteiger partial charge < -0.3 is 9.67 Å². The molecule has 0 unspecified atom stereocenters. The second kappa shape index (κ2) is 5.00. The Hall–Kier alpha value is -1.58. The molecule has 3 rings (SSSR count). The number of halogens is 1. The molecular formula is C18H18BrNO.